The molecule has 138 valence electrons. The van der Waals surface area contributed by atoms with Gasteiger partial charge in [0.05, 0.1) is 0 Å². The molecule has 1 aliphatic carbocycles. The minimum atomic E-state index is -3.23. The molecule has 0 aromatic rings. The van der Waals surface area contributed by atoms with Gasteiger partial charge < -0.3 is 40.9 Å². The molecule has 0 amide bonds. The van der Waals surface area contributed by atoms with E-state index in [4.69, 9.17) is 10.2 Å². The predicted octanol–water partition coefficient (Wildman–Crippen LogP) is -2.80. The monoisotopic (exact) mass is 356 g/mol. The van der Waals surface area contributed by atoms with Crippen LogP contribution in [0.25, 0.3) is 0 Å². The molecule has 0 bridgehead atoms. The van der Waals surface area contributed by atoms with Crippen LogP contribution in [0.4, 0.5) is 0 Å². The van der Waals surface area contributed by atoms with Crippen LogP contribution in [-0.2, 0) is 4.74 Å². The summed E-state index contributed by atoms with van der Waals surface area (Å²) >= 11 is 0. The Morgan fingerprint density at radius 1 is 0.913 bits per heavy atom. The lowest BCUT2D eigenvalue weighted by Crippen LogP contribution is -2.86. The van der Waals surface area contributed by atoms with Crippen LogP contribution in [0.1, 0.15) is 20.8 Å². The van der Waals surface area contributed by atoms with Crippen molar-refractivity contribution in [1.82, 2.24) is 0 Å². The van der Waals surface area contributed by atoms with Crippen LogP contribution >= 0.6 is 0 Å². The summed E-state index contributed by atoms with van der Waals surface area (Å²) < 4.78 is 4.55. The molecule has 9 nitrogen and oxygen atoms in total. The summed E-state index contributed by atoms with van der Waals surface area (Å²) in [5.74, 6) is -3.11. The molecule has 0 saturated heterocycles. The predicted molar refractivity (Wildman–Crippen MR) is 80.4 cm³/mol. The number of aliphatic hydroxyl groups excluding tert-OH is 5. The molecular formula is C13H28O9Si. The molecule has 1 aliphatic rings. The third-order valence-corrected chi connectivity index (χ3v) is 11.8. The standard InChI is InChI=1S/C13H28O9Si/c1-11(2,3)23(4,5)13(21)9(17)7(15)6(14)8(16)12(13,20)22-10(18)19/h6-10,14-21H,1-5H3/t6-,7-,8+,9+,12-,13-/m0/s1. The molecule has 1 fully saturated rings. The van der Waals surface area contributed by atoms with E-state index in [1.54, 1.807) is 33.9 Å². The van der Waals surface area contributed by atoms with Gasteiger partial charge in [-0.3, -0.25) is 4.74 Å². The Morgan fingerprint density at radius 3 is 1.65 bits per heavy atom. The van der Waals surface area contributed by atoms with Gasteiger partial charge in [0.2, 0.25) is 5.79 Å². The highest BCUT2D eigenvalue weighted by molar-refractivity contribution is 6.83. The van der Waals surface area contributed by atoms with Crippen molar-refractivity contribution in [1.29, 1.82) is 0 Å². The maximum Gasteiger partial charge on any atom is 0.269 e. The van der Waals surface area contributed by atoms with Crippen LogP contribution < -0.4 is 0 Å². The quantitative estimate of drug-likeness (QED) is 0.196. The minimum absolute atomic E-state index is 0.678. The fourth-order valence-electron chi connectivity index (χ4n) is 3.00. The molecular weight excluding hydrogens is 328 g/mol. The highest BCUT2D eigenvalue weighted by Crippen LogP contribution is 2.52. The first-order chi connectivity index (χ1) is 10.1. The molecule has 0 radical (unpaired) electrons. The van der Waals surface area contributed by atoms with Crippen molar-refractivity contribution < 1.29 is 45.6 Å². The summed E-state index contributed by atoms with van der Waals surface area (Å²) in [6.45, 7) is 5.73. The average Bonchev–Trinajstić information content (AvgIpc) is 2.39. The molecule has 0 aliphatic heterocycles. The fraction of sp³-hybridized carbons (Fsp3) is 1.00. The van der Waals surface area contributed by atoms with Gasteiger partial charge in [-0.1, -0.05) is 33.9 Å². The van der Waals surface area contributed by atoms with E-state index in [0.29, 0.717) is 0 Å². The van der Waals surface area contributed by atoms with Crippen LogP contribution in [0.15, 0.2) is 0 Å². The largest absolute Gasteiger partial charge is 0.387 e. The van der Waals surface area contributed by atoms with Crippen LogP contribution in [0.5, 0.6) is 0 Å². The van der Waals surface area contributed by atoms with Crippen molar-refractivity contribution in [3.63, 3.8) is 0 Å². The summed E-state index contributed by atoms with van der Waals surface area (Å²) in [6, 6.07) is 0. The van der Waals surface area contributed by atoms with Crippen LogP contribution in [0.3, 0.4) is 0 Å². The van der Waals surface area contributed by atoms with Crippen LogP contribution in [-0.4, -0.2) is 90.8 Å². The molecule has 0 unspecified atom stereocenters. The second-order valence-electron chi connectivity index (χ2n) is 7.65. The minimum Gasteiger partial charge on any atom is -0.387 e. The number of ether oxygens (including phenoxy) is 1. The number of rotatable bonds is 3. The first kappa shape index (κ1) is 20.9. The zero-order valence-corrected chi connectivity index (χ0v) is 14.9. The second-order valence-corrected chi connectivity index (χ2v) is 13.2. The Hall–Kier alpha value is -0.143. The highest BCUT2D eigenvalue weighted by Gasteiger charge is 2.75. The Kier molecular flexibility index (Phi) is 5.44. The Labute approximate surface area is 135 Å². The van der Waals surface area contributed by atoms with E-state index in [-0.39, 0.29) is 0 Å². The van der Waals surface area contributed by atoms with Crippen LogP contribution in [0, 0.1) is 0 Å². The van der Waals surface area contributed by atoms with E-state index in [0.717, 1.165) is 0 Å². The van der Waals surface area contributed by atoms with E-state index >= 15 is 0 Å². The van der Waals surface area contributed by atoms with Gasteiger partial charge in [0.1, 0.15) is 37.7 Å². The topological polar surface area (TPSA) is 171 Å². The average molecular weight is 356 g/mol. The molecule has 6 atom stereocenters. The SMILES string of the molecule is CC(C)(C)[Si](C)(C)[C@@]1(O)[C@H](O)[C@@H](O)[C@H](O)[C@@H](O)[C@]1(O)OC(O)O. The summed E-state index contributed by atoms with van der Waals surface area (Å²) in [6.07, 6.45) is -8.42. The van der Waals surface area contributed by atoms with E-state index < -0.39 is 55.0 Å². The van der Waals surface area contributed by atoms with Gasteiger partial charge in [-0.15, -0.1) is 0 Å². The van der Waals surface area contributed by atoms with Gasteiger partial charge in [0.15, 0.2) is 0 Å². The third kappa shape index (κ3) is 2.76. The highest BCUT2D eigenvalue weighted by atomic mass is 28.3. The summed E-state index contributed by atoms with van der Waals surface area (Å²) in [7, 11) is -3.23. The van der Waals surface area contributed by atoms with Crippen molar-refractivity contribution in [2.45, 2.75) is 80.8 Å². The Morgan fingerprint density at radius 2 is 1.30 bits per heavy atom. The van der Waals surface area contributed by atoms with Crippen molar-refractivity contribution in [3.05, 3.63) is 0 Å². The summed E-state index contributed by atoms with van der Waals surface area (Å²) in [5.41, 5.74) is 0. The Balaban J connectivity index is 3.65. The summed E-state index contributed by atoms with van der Waals surface area (Å²) in [5, 5.41) is 77.1. The number of hydrogen-bond acceptors (Lipinski definition) is 9. The van der Waals surface area contributed by atoms with Crippen molar-refractivity contribution in [2.24, 2.45) is 0 Å². The van der Waals surface area contributed by atoms with E-state index in [2.05, 4.69) is 4.74 Å². The zero-order valence-electron chi connectivity index (χ0n) is 13.9. The Bertz CT molecular complexity index is 438. The van der Waals surface area contributed by atoms with Crippen molar-refractivity contribution in [3.8, 4) is 0 Å². The molecule has 10 heteroatoms. The molecule has 0 heterocycles. The molecule has 23 heavy (non-hydrogen) atoms. The van der Waals surface area contributed by atoms with E-state index in [1.807, 2.05) is 0 Å². The lowest BCUT2D eigenvalue weighted by Gasteiger charge is -2.62. The fourth-order valence-corrected chi connectivity index (χ4v) is 6.15. The smallest absolute Gasteiger partial charge is 0.269 e. The van der Waals surface area contributed by atoms with E-state index in [9.17, 15) is 30.6 Å². The summed E-state index contributed by atoms with van der Waals surface area (Å²) in [4.78, 5) is 0. The van der Waals surface area contributed by atoms with Gasteiger partial charge >= 0.3 is 0 Å². The van der Waals surface area contributed by atoms with Gasteiger partial charge in [-0.05, 0) is 5.04 Å². The van der Waals surface area contributed by atoms with E-state index in [1.165, 1.54) is 0 Å². The first-order valence-corrected chi connectivity index (χ1v) is 10.3. The molecule has 0 spiro atoms. The van der Waals surface area contributed by atoms with Gasteiger partial charge in [-0.25, -0.2) is 0 Å². The number of hydrogen-bond donors (Lipinski definition) is 8. The van der Waals surface area contributed by atoms with Gasteiger partial charge in [0.25, 0.3) is 6.48 Å². The zero-order chi connectivity index (χ0) is 18.6. The maximum absolute atomic E-state index is 11.2. The molecule has 0 aromatic heterocycles. The molecule has 0 aromatic carbocycles. The lowest BCUT2D eigenvalue weighted by molar-refractivity contribution is -0.433. The first-order valence-electron chi connectivity index (χ1n) is 7.26. The molecule has 8 N–H and O–H groups in total. The normalized spacial score (nSPS) is 43.0. The molecule has 1 rings (SSSR count). The number of aliphatic hydroxyl groups is 8. The second kappa shape index (κ2) is 5.99. The molecule has 1 saturated carbocycles. The van der Waals surface area contributed by atoms with Gasteiger partial charge in [0, 0.05) is 0 Å². The van der Waals surface area contributed by atoms with Gasteiger partial charge in [-0.2, -0.15) is 0 Å². The maximum atomic E-state index is 11.2. The van der Waals surface area contributed by atoms with Crippen LogP contribution in [0.2, 0.25) is 18.1 Å². The van der Waals surface area contributed by atoms with Crippen molar-refractivity contribution >= 4 is 8.07 Å². The van der Waals surface area contributed by atoms with Crippen molar-refractivity contribution in [2.75, 3.05) is 0 Å². The third-order valence-electron chi connectivity index (χ3n) is 5.48. The lowest BCUT2D eigenvalue weighted by atomic mass is 9.81.